The van der Waals surface area contributed by atoms with Gasteiger partial charge < -0.3 is 37.1 Å². The van der Waals surface area contributed by atoms with Crippen molar-refractivity contribution in [3.8, 4) is 0 Å². The number of halogens is 1. The van der Waals surface area contributed by atoms with E-state index in [2.05, 4.69) is 12.7 Å². The fourth-order valence-corrected chi connectivity index (χ4v) is 2.00. The van der Waals surface area contributed by atoms with E-state index in [0.29, 0.717) is 13.2 Å². The van der Waals surface area contributed by atoms with Crippen LogP contribution in [0.2, 0.25) is 0 Å². The highest BCUT2D eigenvalue weighted by Gasteiger charge is 2.34. The van der Waals surface area contributed by atoms with Crippen molar-refractivity contribution in [3.05, 3.63) is 0 Å². The fraction of sp³-hybridized carbons (Fsp3) is 0.923. The molecule has 0 bridgehead atoms. The minimum absolute atomic E-state index is 0. The third-order valence-corrected chi connectivity index (χ3v) is 3.17. The van der Waals surface area contributed by atoms with Crippen molar-refractivity contribution in [1.29, 1.82) is 0 Å². The van der Waals surface area contributed by atoms with Gasteiger partial charge in [0.2, 0.25) is 6.04 Å². The first-order valence-electron chi connectivity index (χ1n) is 6.85. The molecule has 0 aromatic rings. The number of quaternary nitrogens is 1. The molecule has 6 nitrogen and oxygen atoms in total. The van der Waals surface area contributed by atoms with Crippen LogP contribution < -0.4 is 18.1 Å². The van der Waals surface area contributed by atoms with Gasteiger partial charge in [0.05, 0.1) is 6.61 Å². The Kier molecular flexibility index (Phi) is 10.1. The van der Waals surface area contributed by atoms with Crippen molar-refractivity contribution in [2.24, 2.45) is 0 Å². The Morgan fingerprint density at radius 2 is 2.10 bits per heavy atom. The van der Waals surface area contributed by atoms with Crippen LogP contribution in [0.15, 0.2) is 0 Å². The Bertz CT molecular complexity index is 279. The van der Waals surface area contributed by atoms with Gasteiger partial charge in [-0.05, 0) is 13.3 Å². The number of carbonyl (C=O) groups excluding carboxylic acids is 1. The first-order chi connectivity index (χ1) is 9.10. The van der Waals surface area contributed by atoms with Gasteiger partial charge in [-0.3, -0.25) is 0 Å². The zero-order valence-electron chi connectivity index (χ0n) is 12.5. The zero-order chi connectivity index (χ0) is 14.3. The molecule has 120 valence electrons. The average molecular weight is 312 g/mol. The van der Waals surface area contributed by atoms with Gasteiger partial charge in [-0.25, -0.2) is 4.79 Å². The molecule has 0 spiro atoms. The quantitative estimate of drug-likeness (QED) is 0.426. The molecular weight excluding hydrogens is 286 g/mol. The van der Waals surface area contributed by atoms with Crippen LogP contribution in [0.1, 0.15) is 26.7 Å². The van der Waals surface area contributed by atoms with Gasteiger partial charge in [0.1, 0.15) is 24.9 Å². The van der Waals surface area contributed by atoms with Crippen LogP contribution in [0, 0.1) is 0 Å². The summed E-state index contributed by atoms with van der Waals surface area (Å²) >= 11 is 0. The van der Waals surface area contributed by atoms with Crippen molar-refractivity contribution < 1.29 is 41.9 Å². The topological polar surface area (TPSA) is 81.6 Å². The second-order valence-corrected chi connectivity index (χ2v) is 4.84. The Morgan fingerprint density at radius 1 is 1.40 bits per heavy atom. The van der Waals surface area contributed by atoms with Crippen LogP contribution in [0.4, 0.5) is 0 Å². The molecule has 0 unspecified atom stereocenters. The number of rotatable bonds is 5. The predicted octanol–water partition coefficient (Wildman–Crippen LogP) is -3.24. The number of esters is 1. The maximum atomic E-state index is 11.7. The number of methoxy groups -OCH3 is 1. The summed E-state index contributed by atoms with van der Waals surface area (Å²) in [5, 5.41) is 0. The summed E-state index contributed by atoms with van der Waals surface area (Å²) in [6.07, 6.45) is 1.11. The minimum atomic E-state index is -0.505. The molecule has 1 saturated heterocycles. The van der Waals surface area contributed by atoms with Crippen LogP contribution in [-0.2, 0) is 23.7 Å². The predicted molar refractivity (Wildman–Crippen MR) is 68.5 cm³/mol. The minimum Gasteiger partial charge on any atom is -1.00 e. The third-order valence-electron chi connectivity index (χ3n) is 3.17. The summed E-state index contributed by atoms with van der Waals surface area (Å²) in [4.78, 5) is 11.7. The standard InChI is InChI=1S/C13H25NO5.ClH/c1-4-5-6-18-11-8-17-7-10(14)13(15)19-9(2)12(11)16-3;/h9-12H,4-8,14H2,1-3H3;1H/t9-,10-,11-,12-;/m0./s1. The molecule has 0 saturated carbocycles. The summed E-state index contributed by atoms with van der Waals surface area (Å²) < 4.78 is 22.0. The SMILES string of the molecule is CCCCO[C@H]1COC[C@H]([NH3+])C(=O)O[C@@H](C)[C@@H]1OC.[Cl-]. The van der Waals surface area contributed by atoms with Gasteiger partial charge >= 0.3 is 5.97 Å². The maximum absolute atomic E-state index is 11.7. The van der Waals surface area contributed by atoms with E-state index in [1.807, 2.05) is 0 Å². The Hall–Kier alpha value is -0.400. The molecular formula is C13H26ClNO5. The van der Waals surface area contributed by atoms with Gasteiger partial charge in [-0.1, -0.05) is 13.3 Å². The lowest BCUT2D eigenvalue weighted by molar-refractivity contribution is -0.415. The second-order valence-electron chi connectivity index (χ2n) is 4.84. The Labute approximate surface area is 126 Å². The Balaban J connectivity index is 0.00000361. The van der Waals surface area contributed by atoms with E-state index in [0.717, 1.165) is 12.8 Å². The lowest BCUT2D eigenvalue weighted by Gasteiger charge is -2.29. The van der Waals surface area contributed by atoms with Crippen LogP contribution >= 0.6 is 0 Å². The van der Waals surface area contributed by atoms with E-state index in [-0.39, 0.29) is 43.3 Å². The molecule has 0 aromatic heterocycles. The third kappa shape index (κ3) is 5.93. The molecule has 1 fully saturated rings. The molecule has 0 aliphatic carbocycles. The molecule has 1 aliphatic heterocycles. The molecule has 0 radical (unpaired) electrons. The number of carbonyl (C=O) groups is 1. The fourth-order valence-electron chi connectivity index (χ4n) is 2.00. The monoisotopic (exact) mass is 311 g/mol. The molecule has 1 rings (SSSR count). The number of ether oxygens (including phenoxy) is 4. The van der Waals surface area contributed by atoms with Gasteiger partial charge in [-0.2, -0.15) is 0 Å². The first-order valence-corrected chi connectivity index (χ1v) is 6.85. The highest BCUT2D eigenvalue weighted by Crippen LogP contribution is 2.15. The van der Waals surface area contributed by atoms with E-state index in [4.69, 9.17) is 18.9 Å². The van der Waals surface area contributed by atoms with Crippen molar-refractivity contribution >= 4 is 5.97 Å². The summed E-state index contributed by atoms with van der Waals surface area (Å²) in [6, 6.07) is -0.505. The average Bonchev–Trinajstić information content (AvgIpc) is 2.42. The highest BCUT2D eigenvalue weighted by atomic mass is 35.5. The van der Waals surface area contributed by atoms with E-state index in [1.165, 1.54) is 0 Å². The van der Waals surface area contributed by atoms with Crippen LogP contribution in [0.5, 0.6) is 0 Å². The van der Waals surface area contributed by atoms with Gasteiger partial charge in [-0.15, -0.1) is 0 Å². The maximum Gasteiger partial charge on any atom is 0.367 e. The number of hydrogen-bond donors (Lipinski definition) is 1. The number of cyclic esters (lactones) is 1. The lowest BCUT2D eigenvalue weighted by atomic mass is 10.1. The lowest BCUT2D eigenvalue weighted by Crippen LogP contribution is -3.00. The van der Waals surface area contributed by atoms with Crippen molar-refractivity contribution in [2.45, 2.75) is 51.0 Å². The summed E-state index contributed by atoms with van der Waals surface area (Å²) in [7, 11) is 1.59. The van der Waals surface area contributed by atoms with E-state index in [9.17, 15) is 4.79 Å². The summed E-state index contributed by atoms with van der Waals surface area (Å²) in [6.45, 7) is 5.19. The zero-order valence-corrected chi connectivity index (χ0v) is 13.2. The molecule has 20 heavy (non-hydrogen) atoms. The largest absolute Gasteiger partial charge is 1.00 e. The second kappa shape index (κ2) is 10.3. The summed E-state index contributed by atoms with van der Waals surface area (Å²) in [5.74, 6) is -0.358. The molecule has 1 heterocycles. The number of unbranched alkanes of at least 4 members (excludes halogenated alkanes) is 1. The first kappa shape index (κ1) is 19.6. The van der Waals surface area contributed by atoms with Gasteiger partial charge in [0.15, 0.2) is 0 Å². The van der Waals surface area contributed by atoms with Crippen molar-refractivity contribution in [2.75, 3.05) is 26.9 Å². The van der Waals surface area contributed by atoms with Crippen molar-refractivity contribution in [1.82, 2.24) is 0 Å². The van der Waals surface area contributed by atoms with E-state index < -0.39 is 6.04 Å². The molecule has 0 aromatic carbocycles. The molecule has 3 N–H and O–H groups in total. The van der Waals surface area contributed by atoms with E-state index in [1.54, 1.807) is 14.0 Å². The molecule has 0 amide bonds. The van der Waals surface area contributed by atoms with Crippen LogP contribution in [0.3, 0.4) is 0 Å². The highest BCUT2D eigenvalue weighted by molar-refractivity contribution is 5.74. The van der Waals surface area contributed by atoms with Crippen LogP contribution in [0.25, 0.3) is 0 Å². The van der Waals surface area contributed by atoms with E-state index >= 15 is 0 Å². The molecule has 7 heteroatoms. The molecule has 4 atom stereocenters. The van der Waals surface area contributed by atoms with Gasteiger partial charge in [0.25, 0.3) is 0 Å². The number of hydrogen-bond acceptors (Lipinski definition) is 5. The van der Waals surface area contributed by atoms with Gasteiger partial charge in [0, 0.05) is 13.7 Å². The normalized spacial score (nSPS) is 31.5. The van der Waals surface area contributed by atoms with Crippen LogP contribution in [-0.4, -0.2) is 57.3 Å². The Morgan fingerprint density at radius 3 is 2.70 bits per heavy atom. The van der Waals surface area contributed by atoms with Crippen molar-refractivity contribution in [3.63, 3.8) is 0 Å². The smallest absolute Gasteiger partial charge is 0.367 e. The molecule has 1 aliphatic rings. The summed E-state index contributed by atoms with van der Waals surface area (Å²) in [5.41, 5.74) is 3.73.